The predicted octanol–water partition coefficient (Wildman–Crippen LogP) is 4.56. The van der Waals surface area contributed by atoms with Crippen LogP contribution in [0.2, 0.25) is 0 Å². The highest BCUT2D eigenvalue weighted by atomic mass is 16.5. The largest absolute Gasteiger partial charge is 0.481 e. The summed E-state index contributed by atoms with van der Waals surface area (Å²) in [5, 5.41) is 14.8. The number of amides is 2. The lowest BCUT2D eigenvalue weighted by molar-refractivity contribution is -0.141. The molecule has 186 valence electrons. The minimum absolute atomic E-state index is 0.0292. The van der Waals surface area contributed by atoms with E-state index in [9.17, 15) is 14.4 Å². The highest BCUT2D eigenvalue weighted by Crippen LogP contribution is 2.44. The summed E-state index contributed by atoms with van der Waals surface area (Å²) in [6.45, 7) is 4.17. The maximum atomic E-state index is 13.1. The Hall–Kier alpha value is -3.35. The van der Waals surface area contributed by atoms with Crippen LogP contribution in [0, 0.1) is 17.3 Å². The zero-order valence-corrected chi connectivity index (χ0v) is 20.4. The van der Waals surface area contributed by atoms with E-state index >= 15 is 0 Å². The maximum absolute atomic E-state index is 13.1. The minimum Gasteiger partial charge on any atom is -0.481 e. The van der Waals surface area contributed by atoms with Crippen LogP contribution in [0.4, 0.5) is 4.79 Å². The van der Waals surface area contributed by atoms with Crippen LogP contribution >= 0.6 is 0 Å². The van der Waals surface area contributed by atoms with Crippen LogP contribution < -0.4 is 10.6 Å². The standard InChI is InChI=1S/C28H34N2O5/c1-18-11-13-28(14-12-18,26(33)29-15-19(2)25(31)32)17-30-27(34)35-16-24-22-9-5-3-7-20(22)21-8-4-6-10-23(21)24/h3-10,18-19,24H,11-17H2,1-2H3,(H,29,33)(H,30,34)(H,31,32). The highest BCUT2D eigenvalue weighted by molar-refractivity contribution is 5.84. The highest BCUT2D eigenvalue weighted by Gasteiger charge is 2.41. The fraction of sp³-hybridized carbons (Fsp3) is 0.464. The molecule has 2 aromatic rings. The van der Waals surface area contributed by atoms with Gasteiger partial charge < -0.3 is 20.5 Å². The van der Waals surface area contributed by atoms with Crippen molar-refractivity contribution in [2.75, 3.05) is 19.7 Å². The van der Waals surface area contributed by atoms with Gasteiger partial charge in [0.05, 0.1) is 11.3 Å². The van der Waals surface area contributed by atoms with Crippen molar-refractivity contribution in [1.29, 1.82) is 0 Å². The number of ether oxygens (including phenoxy) is 1. The fourth-order valence-electron chi connectivity index (χ4n) is 5.21. The number of fused-ring (bicyclic) bond motifs is 3. The molecule has 1 fully saturated rings. The summed E-state index contributed by atoms with van der Waals surface area (Å²) in [5.41, 5.74) is 3.87. The van der Waals surface area contributed by atoms with Crippen molar-refractivity contribution >= 4 is 18.0 Å². The van der Waals surface area contributed by atoms with Gasteiger partial charge in [0.25, 0.3) is 0 Å². The van der Waals surface area contributed by atoms with Crippen LogP contribution in [0.3, 0.4) is 0 Å². The van der Waals surface area contributed by atoms with Gasteiger partial charge in [0.15, 0.2) is 0 Å². The number of carboxylic acids is 1. The van der Waals surface area contributed by atoms with Gasteiger partial charge in [0.2, 0.25) is 5.91 Å². The zero-order chi connectivity index (χ0) is 25.0. The van der Waals surface area contributed by atoms with Crippen molar-refractivity contribution in [2.24, 2.45) is 17.3 Å². The van der Waals surface area contributed by atoms with Crippen molar-refractivity contribution in [3.8, 4) is 11.1 Å². The summed E-state index contributed by atoms with van der Waals surface area (Å²) in [7, 11) is 0. The predicted molar refractivity (Wildman–Crippen MR) is 133 cm³/mol. The quantitative estimate of drug-likeness (QED) is 0.516. The molecule has 2 aromatic carbocycles. The van der Waals surface area contributed by atoms with Gasteiger partial charge in [0.1, 0.15) is 6.61 Å². The molecule has 0 aromatic heterocycles. The van der Waals surface area contributed by atoms with E-state index in [1.54, 1.807) is 6.92 Å². The number of carbonyl (C=O) groups is 3. The van der Waals surface area contributed by atoms with Crippen molar-refractivity contribution in [1.82, 2.24) is 10.6 Å². The van der Waals surface area contributed by atoms with Crippen molar-refractivity contribution < 1.29 is 24.2 Å². The van der Waals surface area contributed by atoms with Crippen LogP contribution in [0.1, 0.15) is 56.6 Å². The van der Waals surface area contributed by atoms with Crippen molar-refractivity contribution in [3.63, 3.8) is 0 Å². The van der Waals surface area contributed by atoms with Crippen LogP contribution in [0.25, 0.3) is 11.1 Å². The van der Waals surface area contributed by atoms with Crippen molar-refractivity contribution in [3.05, 3.63) is 59.7 Å². The van der Waals surface area contributed by atoms with Crippen LogP contribution in [-0.4, -0.2) is 42.8 Å². The normalized spacial score (nSPS) is 21.9. The molecule has 0 saturated heterocycles. The third kappa shape index (κ3) is 5.34. The van der Waals surface area contributed by atoms with E-state index in [2.05, 4.69) is 41.8 Å². The molecule has 0 heterocycles. The van der Waals surface area contributed by atoms with E-state index < -0.39 is 23.4 Å². The average Bonchev–Trinajstić information content (AvgIpc) is 3.19. The first-order chi connectivity index (χ1) is 16.8. The topological polar surface area (TPSA) is 105 Å². The molecular formula is C28H34N2O5. The Morgan fingerprint density at radius 1 is 1.00 bits per heavy atom. The molecule has 1 unspecified atom stereocenters. The third-order valence-corrected chi connectivity index (χ3v) is 7.62. The molecule has 0 aliphatic heterocycles. The minimum atomic E-state index is -0.951. The number of carboxylic acid groups (broad SMARTS) is 1. The lowest BCUT2D eigenvalue weighted by Gasteiger charge is -2.38. The monoisotopic (exact) mass is 478 g/mol. The molecule has 0 spiro atoms. The Labute approximate surface area is 206 Å². The molecule has 1 atom stereocenters. The summed E-state index contributed by atoms with van der Waals surface area (Å²) in [5.74, 6) is -1.33. The Bertz CT molecular complexity index is 1040. The number of rotatable bonds is 8. The smallest absolute Gasteiger partial charge is 0.407 e. The van der Waals surface area contributed by atoms with Crippen LogP contribution in [0.15, 0.2) is 48.5 Å². The summed E-state index contributed by atoms with van der Waals surface area (Å²) in [6, 6.07) is 16.3. The molecular weight excluding hydrogens is 444 g/mol. The van der Waals surface area contributed by atoms with E-state index in [0.717, 1.165) is 24.0 Å². The van der Waals surface area contributed by atoms with E-state index in [1.807, 2.05) is 24.3 Å². The first-order valence-corrected chi connectivity index (χ1v) is 12.4. The summed E-state index contributed by atoms with van der Waals surface area (Å²) < 4.78 is 5.65. The maximum Gasteiger partial charge on any atom is 0.407 e. The van der Waals surface area contributed by atoms with Crippen LogP contribution in [-0.2, 0) is 14.3 Å². The van der Waals surface area contributed by atoms with Gasteiger partial charge in [-0.05, 0) is 53.9 Å². The number of aliphatic carboxylic acids is 1. The molecule has 35 heavy (non-hydrogen) atoms. The molecule has 2 aliphatic rings. The molecule has 1 saturated carbocycles. The molecule has 3 N–H and O–H groups in total. The number of nitrogens with one attached hydrogen (secondary N) is 2. The van der Waals surface area contributed by atoms with Gasteiger partial charge in [0, 0.05) is 19.0 Å². The van der Waals surface area contributed by atoms with Crippen LogP contribution in [0.5, 0.6) is 0 Å². The lowest BCUT2D eigenvalue weighted by atomic mass is 9.70. The first kappa shape index (κ1) is 24.8. The molecule has 4 rings (SSSR count). The van der Waals surface area contributed by atoms with Crippen molar-refractivity contribution in [2.45, 2.75) is 45.4 Å². The number of carbonyl (C=O) groups excluding carboxylic acids is 2. The van der Waals surface area contributed by atoms with Gasteiger partial charge in [-0.15, -0.1) is 0 Å². The average molecular weight is 479 g/mol. The molecule has 2 amide bonds. The van der Waals surface area contributed by atoms with Gasteiger partial charge in [-0.3, -0.25) is 9.59 Å². The third-order valence-electron chi connectivity index (χ3n) is 7.62. The number of hydrogen-bond acceptors (Lipinski definition) is 4. The number of alkyl carbamates (subject to hydrolysis) is 1. The second kappa shape index (κ2) is 10.5. The second-order valence-corrected chi connectivity index (χ2v) is 10.1. The lowest BCUT2D eigenvalue weighted by Crippen LogP contribution is -2.51. The summed E-state index contributed by atoms with van der Waals surface area (Å²) >= 11 is 0. The van der Waals surface area contributed by atoms with E-state index in [-0.39, 0.29) is 31.5 Å². The molecule has 0 radical (unpaired) electrons. The van der Waals surface area contributed by atoms with E-state index in [1.165, 1.54) is 11.1 Å². The molecule has 7 heteroatoms. The fourth-order valence-corrected chi connectivity index (χ4v) is 5.21. The Morgan fingerprint density at radius 2 is 1.57 bits per heavy atom. The molecule has 0 bridgehead atoms. The van der Waals surface area contributed by atoms with Gasteiger partial charge >= 0.3 is 12.1 Å². The summed E-state index contributed by atoms with van der Waals surface area (Å²) in [4.78, 5) is 37.0. The van der Waals surface area contributed by atoms with E-state index in [0.29, 0.717) is 18.8 Å². The second-order valence-electron chi connectivity index (χ2n) is 10.1. The SMILES string of the molecule is CC1CCC(CNC(=O)OCC2c3ccccc3-c3ccccc32)(C(=O)NCC(C)C(=O)O)CC1. The van der Waals surface area contributed by atoms with Gasteiger partial charge in [-0.2, -0.15) is 0 Å². The van der Waals surface area contributed by atoms with E-state index in [4.69, 9.17) is 9.84 Å². The number of benzene rings is 2. The first-order valence-electron chi connectivity index (χ1n) is 12.4. The van der Waals surface area contributed by atoms with Gasteiger partial charge in [-0.25, -0.2) is 4.79 Å². The number of hydrogen-bond donors (Lipinski definition) is 3. The zero-order valence-electron chi connectivity index (χ0n) is 20.4. The Morgan fingerprint density at radius 3 is 2.14 bits per heavy atom. The Balaban J connectivity index is 1.38. The summed E-state index contributed by atoms with van der Waals surface area (Å²) in [6.07, 6.45) is 2.51. The van der Waals surface area contributed by atoms with Gasteiger partial charge in [-0.1, -0.05) is 62.4 Å². The molecule has 7 nitrogen and oxygen atoms in total. The Kier molecular flexibility index (Phi) is 7.43. The molecule has 2 aliphatic carbocycles.